The predicted molar refractivity (Wildman–Crippen MR) is 76.3 cm³/mol. The van der Waals surface area contributed by atoms with E-state index in [4.69, 9.17) is 14.2 Å². The number of hydrogen-bond donors (Lipinski definition) is 1. The van der Waals surface area contributed by atoms with Gasteiger partial charge in [0.25, 0.3) is 0 Å². The lowest BCUT2D eigenvalue weighted by molar-refractivity contribution is -0.150. The Bertz CT molecular complexity index is 435. The molecule has 1 aromatic rings. The molecular weight excluding hydrogens is 254 g/mol. The Labute approximate surface area is 120 Å². The maximum absolute atomic E-state index is 6.03. The fourth-order valence-corrected chi connectivity index (χ4v) is 3.00. The minimum Gasteiger partial charge on any atom is -0.376 e. The van der Waals surface area contributed by atoms with Gasteiger partial charge < -0.3 is 19.5 Å². The Morgan fingerprint density at radius 3 is 2.80 bits per heavy atom. The summed E-state index contributed by atoms with van der Waals surface area (Å²) in [7, 11) is 0. The summed E-state index contributed by atoms with van der Waals surface area (Å²) in [6.07, 6.45) is 0.283. The van der Waals surface area contributed by atoms with Gasteiger partial charge in [0.1, 0.15) is 0 Å². The molecule has 0 unspecified atom stereocenters. The van der Waals surface area contributed by atoms with E-state index in [0.717, 1.165) is 13.1 Å². The fourth-order valence-electron chi connectivity index (χ4n) is 3.00. The summed E-state index contributed by atoms with van der Waals surface area (Å²) in [6.45, 7) is 7.10. The van der Waals surface area contributed by atoms with Gasteiger partial charge in [0, 0.05) is 19.0 Å². The number of rotatable bonds is 4. The summed E-state index contributed by atoms with van der Waals surface area (Å²) in [4.78, 5) is 0. The zero-order valence-electron chi connectivity index (χ0n) is 12.2. The molecule has 0 aromatic heterocycles. The normalized spacial score (nSPS) is 32.0. The summed E-state index contributed by atoms with van der Waals surface area (Å²) in [6, 6.07) is 10.3. The number of piperidine rings is 1. The topological polar surface area (TPSA) is 39.7 Å². The second-order valence-corrected chi connectivity index (χ2v) is 6.06. The lowest BCUT2D eigenvalue weighted by Crippen LogP contribution is -2.50. The van der Waals surface area contributed by atoms with Crippen LogP contribution in [-0.4, -0.2) is 37.7 Å². The SMILES string of the molecule is CC1(C)O[C@@H]2[C@H](COCc3ccccc3)CNC[C@H]2O1. The van der Waals surface area contributed by atoms with Crippen molar-refractivity contribution in [2.75, 3.05) is 19.7 Å². The van der Waals surface area contributed by atoms with Crippen molar-refractivity contribution in [1.29, 1.82) is 0 Å². The molecule has 4 heteroatoms. The third kappa shape index (κ3) is 3.20. The zero-order valence-corrected chi connectivity index (χ0v) is 12.2. The summed E-state index contributed by atoms with van der Waals surface area (Å²) < 4.78 is 17.8. The van der Waals surface area contributed by atoms with Gasteiger partial charge in [-0.2, -0.15) is 0 Å². The van der Waals surface area contributed by atoms with Gasteiger partial charge >= 0.3 is 0 Å². The van der Waals surface area contributed by atoms with Crippen molar-refractivity contribution < 1.29 is 14.2 Å². The number of fused-ring (bicyclic) bond motifs is 1. The van der Waals surface area contributed by atoms with Crippen LogP contribution < -0.4 is 5.32 Å². The molecule has 3 atom stereocenters. The number of nitrogens with one attached hydrogen (secondary N) is 1. The molecule has 3 rings (SSSR count). The average molecular weight is 277 g/mol. The molecule has 2 saturated heterocycles. The van der Waals surface area contributed by atoms with Gasteiger partial charge in [0.15, 0.2) is 5.79 Å². The van der Waals surface area contributed by atoms with Crippen molar-refractivity contribution >= 4 is 0 Å². The van der Waals surface area contributed by atoms with Crippen LogP contribution in [0.15, 0.2) is 30.3 Å². The van der Waals surface area contributed by atoms with Crippen LogP contribution in [0, 0.1) is 5.92 Å². The van der Waals surface area contributed by atoms with E-state index in [0.29, 0.717) is 19.1 Å². The van der Waals surface area contributed by atoms with Crippen LogP contribution in [0.2, 0.25) is 0 Å². The van der Waals surface area contributed by atoms with E-state index < -0.39 is 5.79 Å². The lowest BCUT2D eigenvalue weighted by atomic mass is 9.95. The van der Waals surface area contributed by atoms with E-state index in [9.17, 15) is 0 Å². The van der Waals surface area contributed by atoms with Crippen molar-refractivity contribution in [1.82, 2.24) is 5.32 Å². The van der Waals surface area contributed by atoms with Gasteiger partial charge in [0.05, 0.1) is 25.4 Å². The van der Waals surface area contributed by atoms with E-state index in [-0.39, 0.29) is 12.2 Å². The van der Waals surface area contributed by atoms with Crippen molar-refractivity contribution in [2.24, 2.45) is 5.92 Å². The quantitative estimate of drug-likeness (QED) is 0.913. The third-order valence-corrected chi connectivity index (χ3v) is 3.88. The zero-order chi connectivity index (χ0) is 14.0. The number of hydrogen-bond acceptors (Lipinski definition) is 4. The van der Waals surface area contributed by atoms with Gasteiger partial charge in [-0.15, -0.1) is 0 Å². The summed E-state index contributed by atoms with van der Waals surface area (Å²) in [5.41, 5.74) is 1.21. The van der Waals surface area contributed by atoms with E-state index in [1.165, 1.54) is 5.56 Å². The van der Waals surface area contributed by atoms with E-state index >= 15 is 0 Å². The first-order chi connectivity index (χ1) is 9.64. The van der Waals surface area contributed by atoms with Gasteiger partial charge in [0.2, 0.25) is 0 Å². The maximum Gasteiger partial charge on any atom is 0.163 e. The molecule has 0 aliphatic carbocycles. The standard InChI is InChI=1S/C16H23NO3/c1-16(2)19-14-9-17-8-13(15(14)20-16)11-18-10-12-6-4-3-5-7-12/h3-7,13-15,17H,8-11H2,1-2H3/t13-,14+,15+/m0/s1. The molecule has 4 nitrogen and oxygen atoms in total. The van der Waals surface area contributed by atoms with Gasteiger partial charge in [-0.05, 0) is 19.4 Å². The molecular formula is C16H23NO3. The largest absolute Gasteiger partial charge is 0.376 e. The van der Waals surface area contributed by atoms with Crippen LogP contribution in [0.1, 0.15) is 19.4 Å². The monoisotopic (exact) mass is 277 g/mol. The highest BCUT2D eigenvalue weighted by atomic mass is 16.8. The Kier molecular flexibility index (Phi) is 4.08. The van der Waals surface area contributed by atoms with Crippen molar-refractivity contribution in [3.05, 3.63) is 35.9 Å². The Balaban J connectivity index is 1.52. The van der Waals surface area contributed by atoms with E-state index in [2.05, 4.69) is 17.4 Å². The van der Waals surface area contributed by atoms with Crippen LogP contribution in [0.25, 0.3) is 0 Å². The van der Waals surface area contributed by atoms with Gasteiger partial charge in [-0.25, -0.2) is 0 Å². The average Bonchev–Trinajstić information content (AvgIpc) is 2.75. The summed E-state index contributed by atoms with van der Waals surface area (Å²) in [5, 5.41) is 3.41. The lowest BCUT2D eigenvalue weighted by Gasteiger charge is -2.31. The second kappa shape index (κ2) is 5.82. The molecule has 2 aliphatic heterocycles. The first-order valence-corrected chi connectivity index (χ1v) is 7.32. The van der Waals surface area contributed by atoms with Crippen molar-refractivity contribution in [3.8, 4) is 0 Å². The van der Waals surface area contributed by atoms with E-state index in [1.807, 2.05) is 32.0 Å². The summed E-state index contributed by atoms with van der Waals surface area (Å²) >= 11 is 0. The van der Waals surface area contributed by atoms with Crippen molar-refractivity contribution in [2.45, 2.75) is 38.4 Å². The second-order valence-electron chi connectivity index (χ2n) is 6.06. The highest BCUT2D eigenvalue weighted by molar-refractivity contribution is 5.13. The fraction of sp³-hybridized carbons (Fsp3) is 0.625. The highest BCUT2D eigenvalue weighted by Crippen LogP contribution is 2.33. The molecule has 0 radical (unpaired) electrons. The molecule has 2 heterocycles. The molecule has 2 aliphatic rings. The molecule has 2 fully saturated rings. The predicted octanol–water partition coefficient (Wildman–Crippen LogP) is 1.94. The molecule has 0 bridgehead atoms. The Hall–Kier alpha value is -0.940. The van der Waals surface area contributed by atoms with Crippen LogP contribution in [0.4, 0.5) is 0 Å². The van der Waals surface area contributed by atoms with Gasteiger partial charge in [-0.1, -0.05) is 30.3 Å². The van der Waals surface area contributed by atoms with Crippen LogP contribution in [0.5, 0.6) is 0 Å². The Morgan fingerprint density at radius 2 is 2.00 bits per heavy atom. The first kappa shape index (κ1) is 14.0. The molecule has 110 valence electrons. The first-order valence-electron chi connectivity index (χ1n) is 7.32. The smallest absolute Gasteiger partial charge is 0.163 e. The van der Waals surface area contributed by atoms with Crippen LogP contribution in [-0.2, 0) is 20.8 Å². The molecule has 0 spiro atoms. The van der Waals surface area contributed by atoms with Gasteiger partial charge in [-0.3, -0.25) is 0 Å². The van der Waals surface area contributed by atoms with Crippen molar-refractivity contribution in [3.63, 3.8) is 0 Å². The molecule has 1 aromatic carbocycles. The molecule has 0 amide bonds. The number of ether oxygens (including phenoxy) is 3. The minimum atomic E-state index is -0.473. The molecule has 1 N–H and O–H groups in total. The molecule has 20 heavy (non-hydrogen) atoms. The third-order valence-electron chi connectivity index (χ3n) is 3.88. The number of benzene rings is 1. The Morgan fingerprint density at radius 1 is 1.20 bits per heavy atom. The molecule has 0 saturated carbocycles. The summed E-state index contributed by atoms with van der Waals surface area (Å²) in [5.74, 6) is -0.127. The maximum atomic E-state index is 6.03. The minimum absolute atomic E-state index is 0.141. The van der Waals surface area contributed by atoms with Crippen LogP contribution >= 0.6 is 0 Å². The van der Waals surface area contributed by atoms with Crippen LogP contribution in [0.3, 0.4) is 0 Å². The highest BCUT2D eigenvalue weighted by Gasteiger charge is 2.46. The van der Waals surface area contributed by atoms with E-state index in [1.54, 1.807) is 0 Å².